The number of aromatic nitrogens is 3. The lowest BCUT2D eigenvalue weighted by molar-refractivity contribution is 0.355. The summed E-state index contributed by atoms with van der Waals surface area (Å²) in [7, 11) is 3.27. The van der Waals surface area contributed by atoms with Crippen molar-refractivity contribution >= 4 is 16.9 Å². The number of ether oxygens (including phenoxy) is 2. The number of aromatic amines is 1. The van der Waals surface area contributed by atoms with Crippen molar-refractivity contribution in [3.63, 3.8) is 0 Å². The molecule has 3 aromatic heterocycles. The second-order valence-electron chi connectivity index (χ2n) is 6.08. The quantitative estimate of drug-likeness (QED) is 0.538. The van der Waals surface area contributed by atoms with Gasteiger partial charge in [-0.25, -0.2) is 4.98 Å². The lowest BCUT2D eigenvalue weighted by Crippen LogP contribution is -2.02. The molecular weight excluding hydrogens is 340 g/mol. The number of anilines is 1. The average Bonchev–Trinajstić information content (AvgIpc) is 3.20. The first kappa shape index (κ1) is 16.9. The Bertz CT molecular complexity index is 1060. The van der Waals surface area contributed by atoms with Crippen LogP contribution in [0.3, 0.4) is 0 Å². The molecule has 0 aliphatic rings. The van der Waals surface area contributed by atoms with Crippen LogP contribution >= 0.6 is 0 Å². The summed E-state index contributed by atoms with van der Waals surface area (Å²) in [4.78, 5) is 12.0. The molecular formula is C21H20N4O2. The van der Waals surface area contributed by atoms with E-state index in [1.54, 1.807) is 20.4 Å². The number of H-pyrrole nitrogens is 1. The van der Waals surface area contributed by atoms with Gasteiger partial charge in [0.15, 0.2) is 11.5 Å². The maximum absolute atomic E-state index is 5.46. The highest BCUT2D eigenvalue weighted by Crippen LogP contribution is 2.36. The Morgan fingerprint density at radius 1 is 1.04 bits per heavy atom. The SMILES string of the molecule is COc1ccc(-c2cc(NCc3cccnc3)nc3[nH]ccc23)cc1OC. The van der Waals surface area contributed by atoms with Gasteiger partial charge in [-0.15, -0.1) is 0 Å². The minimum absolute atomic E-state index is 0.651. The Morgan fingerprint density at radius 2 is 1.93 bits per heavy atom. The number of methoxy groups -OCH3 is 2. The van der Waals surface area contributed by atoms with Crippen LogP contribution < -0.4 is 14.8 Å². The monoisotopic (exact) mass is 360 g/mol. The minimum Gasteiger partial charge on any atom is -0.493 e. The summed E-state index contributed by atoms with van der Waals surface area (Å²) in [6.07, 6.45) is 5.50. The molecule has 4 aromatic rings. The molecule has 3 heterocycles. The lowest BCUT2D eigenvalue weighted by Gasteiger charge is -2.12. The van der Waals surface area contributed by atoms with E-state index in [1.807, 2.05) is 54.9 Å². The molecule has 136 valence electrons. The first-order chi connectivity index (χ1) is 13.3. The summed E-state index contributed by atoms with van der Waals surface area (Å²) in [6, 6.07) is 13.9. The number of hydrogen-bond donors (Lipinski definition) is 2. The molecule has 0 spiro atoms. The van der Waals surface area contributed by atoms with E-state index in [-0.39, 0.29) is 0 Å². The molecule has 0 aliphatic heterocycles. The van der Waals surface area contributed by atoms with Crippen LogP contribution in [-0.2, 0) is 6.54 Å². The maximum Gasteiger partial charge on any atom is 0.161 e. The third kappa shape index (κ3) is 3.42. The van der Waals surface area contributed by atoms with Crippen LogP contribution in [0.15, 0.2) is 61.1 Å². The average molecular weight is 360 g/mol. The first-order valence-corrected chi connectivity index (χ1v) is 8.62. The van der Waals surface area contributed by atoms with Gasteiger partial charge in [0.05, 0.1) is 14.2 Å². The smallest absolute Gasteiger partial charge is 0.161 e. The van der Waals surface area contributed by atoms with Crippen LogP contribution in [0.1, 0.15) is 5.56 Å². The van der Waals surface area contributed by atoms with Gasteiger partial charge in [-0.2, -0.15) is 0 Å². The summed E-state index contributed by atoms with van der Waals surface area (Å²) in [6.45, 7) is 0.651. The van der Waals surface area contributed by atoms with Gasteiger partial charge in [-0.05, 0) is 47.0 Å². The molecule has 1 aromatic carbocycles. The van der Waals surface area contributed by atoms with E-state index in [0.717, 1.165) is 33.5 Å². The van der Waals surface area contributed by atoms with Gasteiger partial charge in [0, 0.05) is 30.5 Å². The van der Waals surface area contributed by atoms with Crippen molar-refractivity contribution in [3.8, 4) is 22.6 Å². The molecule has 6 heteroatoms. The Balaban J connectivity index is 1.73. The van der Waals surface area contributed by atoms with E-state index in [4.69, 9.17) is 9.47 Å². The van der Waals surface area contributed by atoms with Gasteiger partial charge >= 0.3 is 0 Å². The molecule has 0 radical (unpaired) electrons. The Hall–Kier alpha value is -3.54. The molecule has 4 rings (SSSR count). The zero-order valence-corrected chi connectivity index (χ0v) is 15.2. The van der Waals surface area contributed by atoms with Crippen molar-refractivity contribution in [2.24, 2.45) is 0 Å². The van der Waals surface area contributed by atoms with E-state index in [0.29, 0.717) is 18.0 Å². The number of rotatable bonds is 6. The van der Waals surface area contributed by atoms with Crippen molar-refractivity contribution in [2.75, 3.05) is 19.5 Å². The van der Waals surface area contributed by atoms with Crippen LogP contribution in [0.5, 0.6) is 11.5 Å². The van der Waals surface area contributed by atoms with Crippen LogP contribution in [-0.4, -0.2) is 29.2 Å². The second-order valence-corrected chi connectivity index (χ2v) is 6.08. The molecule has 0 aliphatic carbocycles. The van der Waals surface area contributed by atoms with Gasteiger partial charge in [0.1, 0.15) is 11.5 Å². The molecule has 0 amide bonds. The molecule has 0 bridgehead atoms. The van der Waals surface area contributed by atoms with Crippen molar-refractivity contribution in [2.45, 2.75) is 6.54 Å². The summed E-state index contributed by atoms with van der Waals surface area (Å²) in [5.41, 5.74) is 4.02. The van der Waals surface area contributed by atoms with Crippen molar-refractivity contribution in [3.05, 3.63) is 66.6 Å². The summed E-state index contributed by atoms with van der Waals surface area (Å²) in [5.74, 6) is 2.19. The highest BCUT2D eigenvalue weighted by molar-refractivity contribution is 5.95. The van der Waals surface area contributed by atoms with E-state index < -0.39 is 0 Å². The van der Waals surface area contributed by atoms with E-state index >= 15 is 0 Å². The van der Waals surface area contributed by atoms with Gasteiger partial charge in [-0.1, -0.05) is 12.1 Å². The molecule has 6 nitrogen and oxygen atoms in total. The molecule has 0 unspecified atom stereocenters. The molecule has 0 atom stereocenters. The van der Waals surface area contributed by atoms with E-state index in [1.165, 1.54) is 0 Å². The Labute approximate surface area is 157 Å². The highest BCUT2D eigenvalue weighted by atomic mass is 16.5. The van der Waals surface area contributed by atoms with Crippen LogP contribution in [0.4, 0.5) is 5.82 Å². The maximum atomic E-state index is 5.46. The topological polar surface area (TPSA) is 72.1 Å². The van der Waals surface area contributed by atoms with Gasteiger partial charge < -0.3 is 19.8 Å². The van der Waals surface area contributed by atoms with Crippen LogP contribution in [0, 0.1) is 0 Å². The molecule has 0 saturated heterocycles. The largest absolute Gasteiger partial charge is 0.493 e. The number of nitrogens with one attached hydrogen (secondary N) is 2. The molecule has 0 saturated carbocycles. The summed E-state index contributed by atoms with van der Waals surface area (Å²) < 4.78 is 10.8. The minimum atomic E-state index is 0.651. The third-order valence-corrected chi connectivity index (χ3v) is 4.42. The summed E-state index contributed by atoms with van der Waals surface area (Å²) in [5, 5.41) is 4.43. The molecule has 0 fully saturated rings. The number of pyridine rings is 2. The summed E-state index contributed by atoms with van der Waals surface area (Å²) >= 11 is 0. The Morgan fingerprint density at radius 3 is 2.70 bits per heavy atom. The van der Waals surface area contributed by atoms with Crippen molar-refractivity contribution < 1.29 is 9.47 Å². The van der Waals surface area contributed by atoms with Crippen LogP contribution in [0.2, 0.25) is 0 Å². The fourth-order valence-corrected chi connectivity index (χ4v) is 3.07. The zero-order valence-electron chi connectivity index (χ0n) is 15.2. The highest BCUT2D eigenvalue weighted by Gasteiger charge is 2.12. The number of hydrogen-bond acceptors (Lipinski definition) is 5. The van der Waals surface area contributed by atoms with Gasteiger partial charge in [0.2, 0.25) is 0 Å². The zero-order chi connectivity index (χ0) is 18.6. The van der Waals surface area contributed by atoms with Crippen LogP contribution in [0.25, 0.3) is 22.2 Å². The molecule has 27 heavy (non-hydrogen) atoms. The third-order valence-electron chi connectivity index (χ3n) is 4.42. The standard InChI is InChI=1S/C21H20N4O2/c1-26-18-6-5-15(10-19(18)27-2)17-11-20(25-21-16(17)7-9-23-21)24-13-14-4-3-8-22-12-14/h3-12H,13H2,1-2H3,(H2,23,24,25). The number of benzene rings is 1. The normalized spacial score (nSPS) is 10.7. The fraction of sp³-hybridized carbons (Fsp3) is 0.143. The van der Waals surface area contributed by atoms with Crippen molar-refractivity contribution in [1.82, 2.24) is 15.0 Å². The predicted molar refractivity (Wildman–Crippen MR) is 106 cm³/mol. The van der Waals surface area contributed by atoms with Gasteiger partial charge in [-0.3, -0.25) is 4.98 Å². The number of fused-ring (bicyclic) bond motifs is 1. The van der Waals surface area contributed by atoms with Gasteiger partial charge in [0.25, 0.3) is 0 Å². The number of nitrogens with zero attached hydrogens (tertiary/aromatic N) is 2. The first-order valence-electron chi connectivity index (χ1n) is 8.62. The van der Waals surface area contributed by atoms with E-state index in [2.05, 4.69) is 20.3 Å². The second kappa shape index (κ2) is 7.37. The predicted octanol–water partition coefficient (Wildman–Crippen LogP) is 4.25. The fourth-order valence-electron chi connectivity index (χ4n) is 3.07. The molecule has 2 N–H and O–H groups in total. The van der Waals surface area contributed by atoms with Crippen molar-refractivity contribution in [1.29, 1.82) is 0 Å². The Kier molecular flexibility index (Phi) is 4.61. The van der Waals surface area contributed by atoms with E-state index in [9.17, 15) is 0 Å². The lowest BCUT2D eigenvalue weighted by atomic mass is 10.0.